The zero-order chi connectivity index (χ0) is 13.0. The Balaban J connectivity index is 1.90. The summed E-state index contributed by atoms with van der Waals surface area (Å²) in [6, 6.07) is 8.73. The van der Waals surface area contributed by atoms with Gasteiger partial charge in [-0.15, -0.1) is 0 Å². The minimum atomic E-state index is 0.237. The number of ether oxygens (including phenoxy) is 1. The third-order valence-corrected chi connectivity index (χ3v) is 3.91. The third-order valence-electron chi connectivity index (χ3n) is 3.91. The summed E-state index contributed by atoms with van der Waals surface area (Å²) < 4.78 is 5.73. The van der Waals surface area contributed by atoms with Crippen molar-refractivity contribution in [3.8, 4) is 0 Å². The lowest BCUT2D eigenvalue weighted by Gasteiger charge is -2.27. The maximum atomic E-state index is 6.03. The molecule has 0 radical (unpaired) electrons. The van der Waals surface area contributed by atoms with E-state index in [0.29, 0.717) is 5.92 Å². The van der Waals surface area contributed by atoms with Crippen LogP contribution < -0.4 is 5.73 Å². The molecular formula is C16H25NO. The quantitative estimate of drug-likeness (QED) is 0.785. The predicted octanol–water partition coefficient (Wildman–Crippen LogP) is 2.79. The first kappa shape index (κ1) is 13.6. The maximum absolute atomic E-state index is 6.03. The zero-order valence-corrected chi connectivity index (χ0v) is 11.6. The molecule has 1 aromatic carbocycles. The van der Waals surface area contributed by atoms with E-state index in [1.54, 1.807) is 0 Å². The molecule has 0 bridgehead atoms. The van der Waals surface area contributed by atoms with Crippen molar-refractivity contribution in [3.63, 3.8) is 0 Å². The standard InChI is InChI=1S/C16H25NO/c1-13(2)11-18-8-7-16(12-17)9-14-5-3-4-6-15(14)10-16/h3-6,13H,7-12,17H2,1-2H3. The van der Waals surface area contributed by atoms with Gasteiger partial charge in [-0.1, -0.05) is 38.1 Å². The third kappa shape index (κ3) is 3.12. The highest BCUT2D eigenvalue weighted by atomic mass is 16.5. The van der Waals surface area contributed by atoms with Crippen LogP contribution in [0, 0.1) is 11.3 Å². The van der Waals surface area contributed by atoms with Crippen molar-refractivity contribution in [3.05, 3.63) is 35.4 Å². The van der Waals surface area contributed by atoms with Gasteiger partial charge in [-0.3, -0.25) is 0 Å². The molecule has 0 unspecified atom stereocenters. The fraction of sp³-hybridized carbons (Fsp3) is 0.625. The average molecular weight is 247 g/mol. The summed E-state index contributed by atoms with van der Waals surface area (Å²) in [5.41, 5.74) is 9.23. The van der Waals surface area contributed by atoms with E-state index in [4.69, 9.17) is 10.5 Å². The Morgan fingerprint density at radius 1 is 1.22 bits per heavy atom. The van der Waals surface area contributed by atoms with Gasteiger partial charge in [0.2, 0.25) is 0 Å². The number of hydrogen-bond donors (Lipinski definition) is 1. The van der Waals surface area contributed by atoms with Crippen LogP contribution in [-0.4, -0.2) is 19.8 Å². The van der Waals surface area contributed by atoms with Crippen LogP contribution >= 0.6 is 0 Å². The summed E-state index contributed by atoms with van der Waals surface area (Å²) in [6.07, 6.45) is 3.31. The van der Waals surface area contributed by atoms with E-state index in [1.165, 1.54) is 11.1 Å². The first-order valence-corrected chi connectivity index (χ1v) is 7.00. The molecule has 2 nitrogen and oxygen atoms in total. The van der Waals surface area contributed by atoms with Crippen molar-refractivity contribution in [1.82, 2.24) is 0 Å². The van der Waals surface area contributed by atoms with Crippen molar-refractivity contribution in [2.24, 2.45) is 17.1 Å². The first-order chi connectivity index (χ1) is 8.65. The number of fused-ring (bicyclic) bond motifs is 1. The van der Waals surface area contributed by atoms with Crippen LogP contribution in [0.25, 0.3) is 0 Å². The minimum absolute atomic E-state index is 0.237. The van der Waals surface area contributed by atoms with E-state index in [1.807, 2.05) is 0 Å². The highest BCUT2D eigenvalue weighted by Gasteiger charge is 2.35. The second kappa shape index (κ2) is 5.85. The molecule has 2 heteroatoms. The van der Waals surface area contributed by atoms with Crippen LogP contribution in [0.3, 0.4) is 0 Å². The molecule has 2 rings (SSSR count). The molecule has 0 heterocycles. The number of hydrogen-bond acceptors (Lipinski definition) is 2. The summed E-state index contributed by atoms with van der Waals surface area (Å²) in [5.74, 6) is 0.611. The lowest BCUT2D eigenvalue weighted by molar-refractivity contribution is 0.0802. The molecule has 1 aliphatic rings. The van der Waals surface area contributed by atoms with Gasteiger partial charge < -0.3 is 10.5 Å². The molecule has 0 saturated heterocycles. The Hall–Kier alpha value is -0.860. The molecule has 100 valence electrons. The largest absolute Gasteiger partial charge is 0.381 e. The average Bonchev–Trinajstić information content (AvgIpc) is 2.73. The van der Waals surface area contributed by atoms with Gasteiger partial charge in [0.1, 0.15) is 0 Å². The van der Waals surface area contributed by atoms with Gasteiger partial charge in [0, 0.05) is 13.2 Å². The SMILES string of the molecule is CC(C)COCCC1(CN)Cc2ccccc2C1. The Morgan fingerprint density at radius 3 is 2.33 bits per heavy atom. The first-order valence-electron chi connectivity index (χ1n) is 7.00. The highest BCUT2D eigenvalue weighted by Crippen LogP contribution is 2.38. The molecule has 18 heavy (non-hydrogen) atoms. The van der Waals surface area contributed by atoms with Crippen LogP contribution in [0.2, 0.25) is 0 Å². The Bertz CT molecular complexity index is 361. The normalized spacial score (nSPS) is 17.1. The molecule has 0 saturated carbocycles. The van der Waals surface area contributed by atoms with Crippen molar-refractivity contribution >= 4 is 0 Å². The number of rotatable bonds is 6. The van der Waals surface area contributed by atoms with Gasteiger partial charge >= 0.3 is 0 Å². The van der Waals surface area contributed by atoms with Gasteiger partial charge in [0.15, 0.2) is 0 Å². The van der Waals surface area contributed by atoms with Gasteiger partial charge in [0.25, 0.3) is 0 Å². The summed E-state index contributed by atoms with van der Waals surface area (Å²) in [5, 5.41) is 0. The van der Waals surface area contributed by atoms with Gasteiger partial charge in [-0.25, -0.2) is 0 Å². The summed E-state index contributed by atoms with van der Waals surface area (Å²) in [4.78, 5) is 0. The van der Waals surface area contributed by atoms with Crippen LogP contribution in [0.5, 0.6) is 0 Å². The molecule has 2 N–H and O–H groups in total. The Morgan fingerprint density at radius 2 is 1.83 bits per heavy atom. The Labute approximate surface area is 111 Å². The molecule has 0 aliphatic heterocycles. The molecule has 0 fully saturated rings. The van der Waals surface area contributed by atoms with Crippen molar-refractivity contribution in [1.29, 1.82) is 0 Å². The lowest BCUT2D eigenvalue weighted by Crippen LogP contribution is -2.32. The highest BCUT2D eigenvalue weighted by molar-refractivity contribution is 5.34. The summed E-state index contributed by atoms with van der Waals surface area (Å²) in [7, 11) is 0. The van der Waals surface area contributed by atoms with Crippen LogP contribution in [-0.2, 0) is 17.6 Å². The van der Waals surface area contributed by atoms with E-state index in [2.05, 4.69) is 38.1 Å². The van der Waals surface area contributed by atoms with Crippen molar-refractivity contribution < 1.29 is 4.74 Å². The second-order valence-electron chi connectivity index (χ2n) is 6.05. The fourth-order valence-electron chi connectivity index (χ4n) is 2.80. The molecule has 1 aromatic rings. The molecule has 0 spiro atoms. The molecular weight excluding hydrogens is 222 g/mol. The maximum Gasteiger partial charge on any atom is 0.0488 e. The zero-order valence-electron chi connectivity index (χ0n) is 11.6. The molecule has 0 atom stereocenters. The lowest BCUT2D eigenvalue weighted by atomic mass is 9.82. The molecule has 0 amide bonds. The van der Waals surface area contributed by atoms with Crippen LogP contribution in [0.4, 0.5) is 0 Å². The van der Waals surface area contributed by atoms with Gasteiger partial charge in [-0.2, -0.15) is 0 Å². The predicted molar refractivity (Wildman–Crippen MR) is 75.6 cm³/mol. The summed E-state index contributed by atoms with van der Waals surface area (Å²) in [6.45, 7) is 6.82. The van der Waals surface area contributed by atoms with Crippen LogP contribution in [0.1, 0.15) is 31.4 Å². The van der Waals surface area contributed by atoms with Crippen LogP contribution in [0.15, 0.2) is 24.3 Å². The van der Waals surface area contributed by atoms with E-state index in [-0.39, 0.29) is 5.41 Å². The van der Waals surface area contributed by atoms with E-state index in [0.717, 1.165) is 39.0 Å². The van der Waals surface area contributed by atoms with Crippen molar-refractivity contribution in [2.75, 3.05) is 19.8 Å². The monoisotopic (exact) mass is 247 g/mol. The van der Waals surface area contributed by atoms with Gasteiger partial charge in [-0.05, 0) is 48.3 Å². The summed E-state index contributed by atoms with van der Waals surface area (Å²) >= 11 is 0. The van der Waals surface area contributed by atoms with Gasteiger partial charge in [0.05, 0.1) is 0 Å². The second-order valence-corrected chi connectivity index (χ2v) is 6.05. The van der Waals surface area contributed by atoms with E-state index < -0.39 is 0 Å². The fourth-order valence-corrected chi connectivity index (χ4v) is 2.80. The van der Waals surface area contributed by atoms with E-state index in [9.17, 15) is 0 Å². The minimum Gasteiger partial charge on any atom is -0.381 e. The smallest absolute Gasteiger partial charge is 0.0488 e. The number of benzene rings is 1. The van der Waals surface area contributed by atoms with E-state index >= 15 is 0 Å². The molecule has 1 aliphatic carbocycles. The topological polar surface area (TPSA) is 35.2 Å². The Kier molecular flexibility index (Phi) is 4.41. The molecule has 0 aromatic heterocycles. The number of nitrogens with two attached hydrogens (primary N) is 1. The van der Waals surface area contributed by atoms with Crippen molar-refractivity contribution in [2.45, 2.75) is 33.1 Å².